The second-order valence-electron chi connectivity index (χ2n) is 6.03. The fourth-order valence-electron chi connectivity index (χ4n) is 2.66. The number of hydrogen-bond donors (Lipinski definition) is 3. The molecule has 1 aromatic rings. The van der Waals surface area contributed by atoms with Gasteiger partial charge >= 0.3 is 0 Å². The maximum Gasteiger partial charge on any atom is 0.251 e. The average Bonchev–Trinajstić information content (AvgIpc) is 2.40. The molecular weight excluding hydrogens is 273 g/mol. The molecule has 0 saturated carbocycles. The summed E-state index contributed by atoms with van der Waals surface area (Å²) in [6.45, 7) is 4.85. The van der Waals surface area contributed by atoms with E-state index in [9.17, 15) is 14.0 Å². The van der Waals surface area contributed by atoms with Crippen LogP contribution in [0.15, 0.2) is 18.2 Å². The smallest absolute Gasteiger partial charge is 0.251 e. The van der Waals surface area contributed by atoms with Crippen LogP contribution in [0.3, 0.4) is 0 Å². The van der Waals surface area contributed by atoms with Crippen molar-refractivity contribution in [3.8, 4) is 0 Å². The van der Waals surface area contributed by atoms with Gasteiger partial charge in [0.15, 0.2) is 0 Å². The van der Waals surface area contributed by atoms with Crippen LogP contribution in [0.1, 0.15) is 37.0 Å². The first-order valence-corrected chi connectivity index (χ1v) is 6.95. The van der Waals surface area contributed by atoms with Crippen LogP contribution in [0.4, 0.5) is 10.1 Å². The summed E-state index contributed by atoms with van der Waals surface area (Å²) in [5, 5.41) is 5.91. The molecule has 0 aliphatic carbocycles. The number of carbonyl (C=O) groups is 2. The van der Waals surface area contributed by atoms with Crippen molar-refractivity contribution in [1.29, 1.82) is 0 Å². The van der Waals surface area contributed by atoms with Crippen LogP contribution in [-0.4, -0.2) is 24.4 Å². The number of amides is 2. The first kappa shape index (κ1) is 15.4. The molecule has 6 heteroatoms. The van der Waals surface area contributed by atoms with E-state index >= 15 is 0 Å². The Morgan fingerprint density at radius 1 is 1.43 bits per heavy atom. The normalized spacial score (nSPS) is 20.8. The van der Waals surface area contributed by atoms with Gasteiger partial charge in [0.2, 0.25) is 5.91 Å². The molecule has 1 aliphatic rings. The van der Waals surface area contributed by atoms with Crippen LogP contribution in [0.2, 0.25) is 0 Å². The number of halogens is 1. The van der Waals surface area contributed by atoms with E-state index in [0.29, 0.717) is 5.69 Å². The van der Waals surface area contributed by atoms with E-state index < -0.39 is 11.7 Å². The lowest BCUT2D eigenvalue weighted by molar-refractivity contribution is -0.121. The van der Waals surface area contributed by atoms with Gasteiger partial charge in [0.05, 0.1) is 11.6 Å². The van der Waals surface area contributed by atoms with Gasteiger partial charge in [-0.05, 0) is 43.0 Å². The van der Waals surface area contributed by atoms with Crippen LogP contribution in [0.5, 0.6) is 0 Å². The van der Waals surface area contributed by atoms with Crippen LogP contribution in [0, 0.1) is 11.2 Å². The second kappa shape index (κ2) is 5.81. The van der Waals surface area contributed by atoms with Gasteiger partial charge in [-0.2, -0.15) is 0 Å². The molecule has 2 rings (SSSR count). The Kier molecular flexibility index (Phi) is 4.27. The fraction of sp³-hybridized carbons (Fsp3) is 0.467. The third-order valence-electron chi connectivity index (χ3n) is 3.89. The van der Waals surface area contributed by atoms with Crippen LogP contribution in [0.25, 0.3) is 0 Å². The van der Waals surface area contributed by atoms with Gasteiger partial charge < -0.3 is 16.4 Å². The van der Waals surface area contributed by atoms with Crippen LogP contribution >= 0.6 is 0 Å². The summed E-state index contributed by atoms with van der Waals surface area (Å²) in [6.07, 6.45) is 1.98. The summed E-state index contributed by atoms with van der Waals surface area (Å²) < 4.78 is 13.4. The van der Waals surface area contributed by atoms with E-state index in [1.54, 1.807) is 0 Å². The molecule has 0 radical (unpaired) electrons. The molecule has 114 valence electrons. The molecule has 5 nitrogen and oxygen atoms in total. The van der Waals surface area contributed by atoms with E-state index in [1.807, 2.05) is 13.8 Å². The number of piperidine rings is 1. The number of hydrogen-bond acceptors (Lipinski definition) is 3. The number of anilines is 1. The van der Waals surface area contributed by atoms with Crippen molar-refractivity contribution in [1.82, 2.24) is 5.32 Å². The summed E-state index contributed by atoms with van der Waals surface area (Å²) in [7, 11) is 0. The third-order valence-corrected chi connectivity index (χ3v) is 3.89. The Bertz CT molecular complexity index is 572. The van der Waals surface area contributed by atoms with Crippen molar-refractivity contribution in [3.05, 3.63) is 29.6 Å². The zero-order valence-electron chi connectivity index (χ0n) is 12.2. The third kappa shape index (κ3) is 3.39. The van der Waals surface area contributed by atoms with Crippen molar-refractivity contribution in [3.63, 3.8) is 0 Å². The van der Waals surface area contributed by atoms with Crippen molar-refractivity contribution in [2.75, 3.05) is 11.9 Å². The Labute approximate surface area is 123 Å². The molecule has 0 aromatic heterocycles. The van der Waals surface area contributed by atoms with E-state index in [0.717, 1.165) is 25.5 Å². The molecule has 1 unspecified atom stereocenters. The number of nitrogens with two attached hydrogens (primary N) is 1. The number of benzene rings is 1. The zero-order valence-corrected chi connectivity index (χ0v) is 12.2. The van der Waals surface area contributed by atoms with Gasteiger partial charge in [0, 0.05) is 5.69 Å². The molecule has 0 bridgehead atoms. The van der Waals surface area contributed by atoms with E-state index in [2.05, 4.69) is 10.6 Å². The Hall–Kier alpha value is -1.95. The number of rotatable bonds is 3. The van der Waals surface area contributed by atoms with Crippen LogP contribution in [-0.2, 0) is 4.79 Å². The average molecular weight is 293 g/mol. The lowest BCUT2D eigenvalue weighted by Gasteiger charge is -2.38. The topological polar surface area (TPSA) is 84.2 Å². The van der Waals surface area contributed by atoms with Gasteiger partial charge in [-0.1, -0.05) is 13.8 Å². The molecular formula is C15H20FN3O2. The fourth-order valence-corrected chi connectivity index (χ4v) is 2.66. The Morgan fingerprint density at radius 3 is 2.76 bits per heavy atom. The largest absolute Gasteiger partial charge is 0.366 e. The second-order valence-corrected chi connectivity index (χ2v) is 6.03. The maximum atomic E-state index is 13.4. The molecule has 0 spiro atoms. The van der Waals surface area contributed by atoms with Crippen molar-refractivity contribution in [2.24, 2.45) is 11.1 Å². The van der Waals surface area contributed by atoms with E-state index in [1.165, 1.54) is 12.1 Å². The minimum Gasteiger partial charge on any atom is -0.366 e. The Morgan fingerprint density at radius 2 is 2.14 bits per heavy atom. The van der Waals surface area contributed by atoms with Crippen LogP contribution < -0.4 is 16.4 Å². The molecule has 1 fully saturated rings. The summed E-state index contributed by atoms with van der Waals surface area (Å²) in [5.74, 6) is -1.75. The minimum absolute atomic E-state index is 0.158. The van der Waals surface area contributed by atoms with Gasteiger partial charge in [-0.3, -0.25) is 9.59 Å². The highest BCUT2D eigenvalue weighted by Crippen LogP contribution is 2.30. The lowest BCUT2D eigenvalue weighted by Crippen LogP contribution is -2.53. The maximum absolute atomic E-state index is 13.4. The lowest BCUT2D eigenvalue weighted by atomic mass is 9.77. The highest BCUT2D eigenvalue weighted by molar-refractivity contribution is 5.98. The van der Waals surface area contributed by atoms with Gasteiger partial charge in [-0.25, -0.2) is 4.39 Å². The molecule has 1 atom stereocenters. The monoisotopic (exact) mass is 293 g/mol. The predicted molar refractivity (Wildman–Crippen MR) is 78.4 cm³/mol. The minimum atomic E-state index is -0.861. The first-order chi connectivity index (χ1) is 9.81. The van der Waals surface area contributed by atoms with Crippen molar-refractivity contribution >= 4 is 17.5 Å². The number of carbonyl (C=O) groups excluding carboxylic acids is 2. The van der Waals surface area contributed by atoms with E-state index in [-0.39, 0.29) is 22.9 Å². The van der Waals surface area contributed by atoms with Crippen molar-refractivity contribution in [2.45, 2.75) is 32.7 Å². The van der Waals surface area contributed by atoms with Gasteiger partial charge in [0.25, 0.3) is 5.91 Å². The van der Waals surface area contributed by atoms with Gasteiger partial charge in [-0.15, -0.1) is 0 Å². The SMILES string of the molecule is CC1(C)CCCNC1C(=O)Nc1ccc(F)c(C(N)=O)c1. The highest BCUT2D eigenvalue weighted by Gasteiger charge is 2.37. The van der Waals surface area contributed by atoms with Gasteiger partial charge in [0.1, 0.15) is 5.82 Å². The highest BCUT2D eigenvalue weighted by atomic mass is 19.1. The quantitative estimate of drug-likeness (QED) is 0.792. The molecule has 1 heterocycles. The molecule has 2 amide bonds. The predicted octanol–water partition coefficient (Wildman–Crippen LogP) is 1.64. The van der Waals surface area contributed by atoms with E-state index in [4.69, 9.17) is 5.73 Å². The molecule has 21 heavy (non-hydrogen) atoms. The summed E-state index contributed by atoms with van der Waals surface area (Å²) >= 11 is 0. The molecule has 1 aliphatic heterocycles. The molecule has 4 N–H and O–H groups in total. The first-order valence-electron chi connectivity index (χ1n) is 6.95. The summed E-state index contributed by atoms with van der Waals surface area (Å²) in [6, 6.07) is 3.46. The molecule has 1 aromatic carbocycles. The number of primary amides is 1. The summed E-state index contributed by atoms with van der Waals surface area (Å²) in [5.41, 5.74) is 5.07. The summed E-state index contributed by atoms with van der Waals surface area (Å²) in [4.78, 5) is 23.5. The molecule has 1 saturated heterocycles. The number of nitrogens with one attached hydrogen (secondary N) is 2. The van der Waals surface area contributed by atoms with Crippen molar-refractivity contribution < 1.29 is 14.0 Å². The standard InChI is InChI=1S/C15H20FN3O2/c1-15(2)6-3-7-18-12(15)14(21)19-9-4-5-11(16)10(8-9)13(17)20/h4-5,8,12,18H,3,6-7H2,1-2H3,(H2,17,20)(H,19,21). The Balaban J connectivity index is 2.16. The zero-order chi connectivity index (χ0) is 15.6.